The minimum atomic E-state index is -0.646. The molecule has 0 aromatic carbocycles. The molecule has 2 unspecified atom stereocenters. The number of rotatable bonds is 8. The summed E-state index contributed by atoms with van der Waals surface area (Å²) in [6.07, 6.45) is 9.31. The van der Waals surface area contributed by atoms with Gasteiger partial charge >= 0.3 is 5.97 Å². The van der Waals surface area contributed by atoms with Gasteiger partial charge in [0.2, 0.25) is 0 Å². The number of nitrogens with zero attached hydrogens (tertiary/aromatic N) is 1. The van der Waals surface area contributed by atoms with Crippen molar-refractivity contribution in [2.75, 3.05) is 26.2 Å². The molecular weight excluding hydrogens is 264 g/mol. The molecule has 122 valence electrons. The Labute approximate surface area is 129 Å². The third kappa shape index (κ3) is 5.95. The summed E-state index contributed by atoms with van der Waals surface area (Å²) in [6.45, 7) is 6.53. The van der Waals surface area contributed by atoms with Gasteiger partial charge in [-0.05, 0) is 50.6 Å². The van der Waals surface area contributed by atoms with Crippen LogP contribution in [0.15, 0.2) is 0 Å². The molecule has 1 aliphatic carbocycles. The minimum Gasteiger partial charge on any atom is -0.481 e. The van der Waals surface area contributed by atoms with Crippen molar-refractivity contribution in [3.05, 3.63) is 0 Å². The molecule has 0 amide bonds. The highest BCUT2D eigenvalue weighted by atomic mass is 16.4. The predicted molar refractivity (Wildman–Crippen MR) is 85.5 cm³/mol. The lowest BCUT2D eigenvalue weighted by Gasteiger charge is -2.38. The van der Waals surface area contributed by atoms with E-state index in [1.807, 2.05) is 0 Å². The summed E-state index contributed by atoms with van der Waals surface area (Å²) in [5, 5.41) is 12.8. The Hall–Kier alpha value is -0.610. The van der Waals surface area contributed by atoms with Gasteiger partial charge in [0.05, 0.1) is 0 Å². The van der Waals surface area contributed by atoms with Crippen molar-refractivity contribution in [2.24, 2.45) is 11.8 Å². The highest BCUT2D eigenvalue weighted by Crippen LogP contribution is 2.25. The molecule has 1 aliphatic heterocycles. The molecule has 1 heterocycles. The van der Waals surface area contributed by atoms with Gasteiger partial charge in [0.1, 0.15) is 0 Å². The molecule has 2 atom stereocenters. The van der Waals surface area contributed by atoms with Crippen LogP contribution in [0.5, 0.6) is 0 Å². The van der Waals surface area contributed by atoms with E-state index >= 15 is 0 Å². The van der Waals surface area contributed by atoms with Gasteiger partial charge in [-0.15, -0.1) is 0 Å². The number of piperidine rings is 1. The standard InChI is InChI=1S/C17H32N2O2/c1-2-3-8-19-12-15(10-17(20)21)9-16(13-19)18-11-14-6-4-5-7-14/h14-16,18H,2-13H2,1H3,(H,20,21). The lowest BCUT2D eigenvalue weighted by molar-refractivity contribution is -0.138. The quantitative estimate of drug-likeness (QED) is 0.723. The SMILES string of the molecule is CCCCN1CC(CC(=O)O)CC(NCC2CCCC2)C1. The van der Waals surface area contributed by atoms with Crippen LogP contribution < -0.4 is 5.32 Å². The summed E-state index contributed by atoms with van der Waals surface area (Å²) in [5.41, 5.74) is 0. The van der Waals surface area contributed by atoms with Crippen LogP contribution >= 0.6 is 0 Å². The molecular formula is C17H32N2O2. The van der Waals surface area contributed by atoms with E-state index < -0.39 is 5.97 Å². The molecule has 0 bridgehead atoms. The molecule has 1 saturated heterocycles. The summed E-state index contributed by atoms with van der Waals surface area (Å²) < 4.78 is 0. The van der Waals surface area contributed by atoms with E-state index in [2.05, 4.69) is 17.1 Å². The van der Waals surface area contributed by atoms with E-state index in [-0.39, 0.29) is 0 Å². The Bertz CT molecular complexity index is 316. The van der Waals surface area contributed by atoms with Gasteiger partial charge in [-0.3, -0.25) is 4.79 Å². The predicted octanol–water partition coefficient (Wildman–Crippen LogP) is 2.73. The molecule has 2 N–H and O–H groups in total. The van der Waals surface area contributed by atoms with Crippen molar-refractivity contribution in [3.63, 3.8) is 0 Å². The first kappa shape index (κ1) is 16.8. The number of carboxylic acid groups (broad SMARTS) is 1. The molecule has 0 spiro atoms. The number of carbonyl (C=O) groups is 1. The van der Waals surface area contributed by atoms with Crippen LogP contribution in [-0.4, -0.2) is 48.2 Å². The van der Waals surface area contributed by atoms with Crippen molar-refractivity contribution in [1.82, 2.24) is 10.2 Å². The third-order valence-electron chi connectivity index (χ3n) is 5.07. The van der Waals surface area contributed by atoms with E-state index in [0.717, 1.165) is 38.5 Å². The molecule has 0 aromatic rings. The summed E-state index contributed by atoms with van der Waals surface area (Å²) in [4.78, 5) is 13.5. The van der Waals surface area contributed by atoms with Crippen LogP contribution in [0, 0.1) is 11.8 Å². The summed E-state index contributed by atoms with van der Waals surface area (Å²) in [5.74, 6) is 0.523. The summed E-state index contributed by atoms with van der Waals surface area (Å²) in [6, 6.07) is 0.487. The van der Waals surface area contributed by atoms with Gasteiger partial charge in [-0.1, -0.05) is 26.2 Å². The smallest absolute Gasteiger partial charge is 0.303 e. The first-order chi connectivity index (χ1) is 10.2. The Morgan fingerprint density at radius 2 is 2.00 bits per heavy atom. The van der Waals surface area contributed by atoms with E-state index in [1.54, 1.807) is 0 Å². The number of hydrogen-bond donors (Lipinski definition) is 2. The van der Waals surface area contributed by atoms with Crippen LogP contribution in [0.1, 0.15) is 58.3 Å². The van der Waals surface area contributed by atoms with Crippen molar-refractivity contribution in [1.29, 1.82) is 0 Å². The van der Waals surface area contributed by atoms with E-state index in [4.69, 9.17) is 5.11 Å². The molecule has 1 saturated carbocycles. The zero-order valence-corrected chi connectivity index (χ0v) is 13.5. The molecule has 0 aromatic heterocycles. The maximum Gasteiger partial charge on any atom is 0.303 e. The zero-order valence-electron chi connectivity index (χ0n) is 13.5. The lowest BCUT2D eigenvalue weighted by Crippen LogP contribution is -2.50. The number of aliphatic carboxylic acids is 1. The maximum atomic E-state index is 11.0. The van der Waals surface area contributed by atoms with Crippen molar-refractivity contribution >= 4 is 5.97 Å². The molecule has 4 heteroatoms. The average Bonchev–Trinajstić information content (AvgIpc) is 2.95. The van der Waals surface area contributed by atoms with Crippen LogP contribution in [-0.2, 0) is 4.79 Å². The summed E-state index contributed by atoms with van der Waals surface area (Å²) in [7, 11) is 0. The van der Waals surface area contributed by atoms with E-state index in [9.17, 15) is 4.79 Å². The monoisotopic (exact) mass is 296 g/mol. The van der Waals surface area contributed by atoms with Gasteiger partial charge in [0.15, 0.2) is 0 Å². The Balaban J connectivity index is 1.80. The molecule has 2 aliphatic rings. The normalized spacial score (nSPS) is 28.0. The molecule has 4 nitrogen and oxygen atoms in total. The Kier molecular flexibility index (Phi) is 6.97. The van der Waals surface area contributed by atoms with Gasteiger partial charge < -0.3 is 15.3 Å². The molecule has 0 radical (unpaired) electrons. The van der Waals surface area contributed by atoms with Crippen molar-refractivity contribution in [2.45, 2.75) is 64.3 Å². The average molecular weight is 296 g/mol. The van der Waals surface area contributed by atoms with Crippen LogP contribution in [0.3, 0.4) is 0 Å². The van der Waals surface area contributed by atoms with Gasteiger partial charge in [-0.25, -0.2) is 0 Å². The summed E-state index contributed by atoms with van der Waals surface area (Å²) >= 11 is 0. The Morgan fingerprint density at radius 3 is 2.67 bits per heavy atom. The van der Waals surface area contributed by atoms with Crippen molar-refractivity contribution < 1.29 is 9.90 Å². The van der Waals surface area contributed by atoms with Gasteiger partial charge in [0, 0.05) is 25.6 Å². The van der Waals surface area contributed by atoms with Crippen LogP contribution in [0.4, 0.5) is 0 Å². The lowest BCUT2D eigenvalue weighted by atomic mass is 9.91. The van der Waals surface area contributed by atoms with Gasteiger partial charge in [-0.2, -0.15) is 0 Å². The third-order valence-corrected chi connectivity index (χ3v) is 5.07. The zero-order chi connectivity index (χ0) is 15.1. The van der Waals surface area contributed by atoms with E-state index in [1.165, 1.54) is 38.5 Å². The number of nitrogens with one attached hydrogen (secondary N) is 1. The highest BCUT2D eigenvalue weighted by molar-refractivity contribution is 5.67. The first-order valence-corrected chi connectivity index (χ1v) is 8.85. The number of unbranched alkanes of at least 4 members (excludes halogenated alkanes) is 1. The highest BCUT2D eigenvalue weighted by Gasteiger charge is 2.28. The number of carboxylic acids is 1. The second kappa shape index (κ2) is 8.74. The second-order valence-corrected chi connectivity index (χ2v) is 7.07. The number of likely N-dealkylation sites (tertiary alicyclic amines) is 1. The van der Waals surface area contributed by atoms with Crippen molar-refractivity contribution in [3.8, 4) is 0 Å². The van der Waals surface area contributed by atoms with Crippen LogP contribution in [0.2, 0.25) is 0 Å². The molecule has 21 heavy (non-hydrogen) atoms. The first-order valence-electron chi connectivity index (χ1n) is 8.85. The maximum absolute atomic E-state index is 11.0. The van der Waals surface area contributed by atoms with Gasteiger partial charge in [0.25, 0.3) is 0 Å². The largest absolute Gasteiger partial charge is 0.481 e. The number of hydrogen-bond acceptors (Lipinski definition) is 3. The fourth-order valence-electron chi connectivity index (χ4n) is 3.96. The van der Waals surface area contributed by atoms with Crippen LogP contribution in [0.25, 0.3) is 0 Å². The van der Waals surface area contributed by atoms with E-state index in [0.29, 0.717) is 18.4 Å². The second-order valence-electron chi connectivity index (χ2n) is 7.07. The topological polar surface area (TPSA) is 52.6 Å². The minimum absolute atomic E-state index is 0.314. The fourth-order valence-corrected chi connectivity index (χ4v) is 3.96. The fraction of sp³-hybridized carbons (Fsp3) is 0.941. The Morgan fingerprint density at radius 1 is 1.24 bits per heavy atom. The molecule has 2 fully saturated rings. The molecule has 2 rings (SSSR count).